The van der Waals surface area contributed by atoms with Crippen molar-refractivity contribution in [1.29, 1.82) is 0 Å². The number of hydrogen-bond acceptors (Lipinski definition) is 8. The van der Waals surface area contributed by atoms with E-state index in [9.17, 15) is 9.18 Å². The molecule has 7 nitrogen and oxygen atoms in total. The third-order valence-corrected chi connectivity index (χ3v) is 5.37. The van der Waals surface area contributed by atoms with Crippen molar-refractivity contribution in [3.63, 3.8) is 0 Å². The van der Waals surface area contributed by atoms with Gasteiger partial charge in [-0.2, -0.15) is 0 Å². The van der Waals surface area contributed by atoms with Crippen LogP contribution < -0.4 is 18.9 Å². The van der Waals surface area contributed by atoms with Crippen LogP contribution in [0.15, 0.2) is 41.8 Å². The Morgan fingerprint density at radius 2 is 1.69 bits per heavy atom. The molecule has 3 rings (SSSR count). The number of methoxy groups -OCH3 is 3. The second-order valence-electron chi connectivity index (χ2n) is 6.67. The van der Waals surface area contributed by atoms with Gasteiger partial charge in [0.2, 0.25) is 5.75 Å². The summed E-state index contributed by atoms with van der Waals surface area (Å²) in [5, 5.41) is 2.55. The van der Waals surface area contributed by atoms with Crippen LogP contribution in [0.2, 0.25) is 0 Å². The number of carbonyl (C=O) groups excluding carboxylic acids is 1. The summed E-state index contributed by atoms with van der Waals surface area (Å²) in [6.45, 7) is 0.340. The molecule has 0 fully saturated rings. The molecule has 0 saturated heterocycles. The van der Waals surface area contributed by atoms with Crippen LogP contribution in [0.4, 0.5) is 4.39 Å². The largest absolute Gasteiger partial charge is 0.493 e. The van der Waals surface area contributed by atoms with Crippen molar-refractivity contribution in [3.8, 4) is 23.0 Å². The molecular weight excluding hydrogens is 437 g/mol. The number of thiazole rings is 1. The zero-order valence-corrected chi connectivity index (χ0v) is 18.9. The molecular formula is C23H24FNO6S. The number of carbonyl (C=O) groups is 1. The first kappa shape index (κ1) is 23.3. The van der Waals surface area contributed by atoms with Gasteiger partial charge in [0.1, 0.15) is 29.8 Å². The number of rotatable bonds is 11. The maximum Gasteiger partial charge on any atom is 0.306 e. The first-order valence-corrected chi connectivity index (χ1v) is 10.7. The maximum absolute atomic E-state index is 12.9. The quantitative estimate of drug-likeness (QED) is 0.387. The number of halogens is 1. The van der Waals surface area contributed by atoms with Gasteiger partial charge < -0.3 is 23.7 Å². The zero-order valence-electron chi connectivity index (χ0n) is 18.1. The van der Waals surface area contributed by atoms with Crippen molar-refractivity contribution in [3.05, 3.63) is 63.9 Å². The molecule has 1 heterocycles. The molecule has 0 atom stereocenters. The smallest absolute Gasteiger partial charge is 0.306 e. The molecule has 0 radical (unpaired) electrons. The Kier molecular flexibility index (Phi) is 8.27. The van der Waals surface area contributed by atoms with E-state index in [4.69, 9.17) is 23.7 Å². The van der Waals surface area contributed by atoms with Crippen molar-refractivity contribution in [2.75, 3.05) is 21.3 Å². The number of esters is 1. The highest BCUT2D eigenvalue weighted by molar-refractivity contribution is 7.09. The number of hydrogen-bond donors (Lipinski definition) is 0. The standard InChI is InChI=1S/C23H24FNO6S/c1-27-19-10-15(11-20(28-2)23(19)29-3)4-9-22(26)31-12-17-14-32-21(25-17)13-30-18-7-5-16(24)6-8-18/h5-8,10-11,14H,4,9,12-13H2,1-3H3. The summed E-state index contributed by atoms with van der Waals surface area (Å²) in [4.78, 5) is 16.6. The van der Waals surface area contributed by atoms with E-state index in [1.54, 1.807) is 26.4 Å². The Morgan fingerprint density at radius 1 is 1.00 bits per heavy atom. The van der Waals surface area contributed by atoms with Crippen LogP contribution in [0, 0.1) is 5.82 Å². The molecule has 2 aromatic carbocycles. The first-order valence-electron chi connectivity index (χ1n) is 9.78. The van der Waals surface area contributed by atoms with E-state index >= 15 is 0 Å². The van der Waals surface area contributed by atoms with E-state index < -0.39 is 0 Å². The summed E-state index contributed by atoms with van der Waals surface area (Å²) in [5.74, 6) is 1.48. The number of nitrogens with zero attached hydrogens (tertiary/aromatic N) is 1. The van der Waals surface area contributed by atoms with E-state index in [0.717, 1.165) is 10.6 Å². The maximum atomic E-state index is 12.9. The van der Waals surface area contributed by atoms with E-state index in [-0.39, 0.29) is 31.4 Å². The lowest BCUT2D eigenvalue weighted by Crippen LogP contribution is -2.07. The predicted molar refractivity (Wildman–Crippen MR) is 117 cm³/mol. The Hall–Kier alpha value is -3.33. The molecule has 0 amide bonds. The number of aryl methyl sites for hydroxylation is 1. The fraction of sp³-hybridized carbons (Fsp3) is 0.304. The highest BCUT2D eigenvalue weighted by atomic mass is 32.1. The van der Waals surface area contributed by atoms with Crippen molar-refractivity contribution in [1.82, 2.24) is 4.98 Å². The summed E-state index contributed by atoms with van der Waals surface area (Å²) in [6, 6.07) is 9.39. The minimum atomic E-state index is -0.337. The van der Waals surface area contributed by atoms with Gasteiger partial charge in [0.15, 0.2) is 11.5 Å². The van der Waals surface area contributed by atoms with Crippen molar-refractivity contribution in [2.24, 2.45) is 0 Å². The third-order valence-electron chi connectivity index (χ3n) is 4.50. The normalized spacial score (nSPS) is 10.5. The molecule has 1 aromatic heterocycles. The van der Waals surface area contributed by atoms with Crippen LogP contribution in [-0.2, 0) is 29.2 Å². The number of aromatic nitrogens is 1. The number of benzene rings is 2. The van der Waals surface area contributed by atoms with E-state index in [1.807, 2.05) is 17.5 Å². The molecule has 32 heavy (non-hydrogen) atoms. The fourth-order valence-corrected chi connectivity index (χ4v) is 3.60. The minimum absolute atomic E-state index is 0.0845. The fourth-order valence-electron chi connectivity index (χ4n) is 2.91. The van der Waals surface area contributed by atoms with Gasteiger partial charge in [0, 0.05) is 11.8 Å². The number of ether oxygens (including phenoxy) is 5. The summed E-state index contributed by atoms with van der Waals surface area (Å²) in [6.07, 6.45) is 0.659. The molecule has 0 aliphatic rings. The average Bonchev–Trinajstić information content (AvgIpc) is 3.28. The van der Waals surface area contributed by atoms with Crippen LogP contribution in [0.1, 0.15) is 22.7 Å². The summed E-state index contributed by atoms with van der Waals surface area (Å²) < 4.78 is 39.8. The van der Waals surface area contributed by atoms with E-state index in [0.29, 0.717) is 35.1 Å². The molecule has 0 bridgehead atoms. The lowest BCUT2D eigenvalue weighted by molar-refractivity contribution is -0.145. The lowest BCUT2D eigenvalue weighted by Gasteiger charge is -2.14. The van der Waals surface area contributed by atoms with Gasteiger partial charge in [0.05, 0.1) is 27.0 Å². The zero-order chi connectivity index (χ0) is 22.9. The van der Waals surface area contributed by atoms with Gasteiger partial charge in [-0.25, -0.2) is 9.37 Å². The highest BCUT2D eigenvalue weighted by Crippen LogP contribution is 2.38. The monoisotopic (exact) mass is 461 g/mol. The molecule has 9 heteroatoms. The van der Waals surface area contributed by atoms with E-state index in [1.165, 1.54) is 30.6 Å². The van der Waals surface area contributed by atoms with Crippen LogP contribution in [-0.4, -0.2) is 32.3 Å². The Labute approximate surface area is 189 Å². The third kappa shape index (κ3) is 6.34. The van der Waals surface area contributed by atoms with Crippen molar-refractivity contribution in [2.45, 2.75) is 26.1 Å². The molecule has 0 saturated carbocycles. The van der Waals surface area contributed by atoms with Gasteiger partial charge in [0.25, 0.3) is 0 Å². The van der Waals surface area contributed by atoms with Gasteiger partial charge >= 0.3 is 5.97 Å². The van der Waals surface area contributed by atoms with Gasteiger partial charge in [-0.3, -0.25) is 4.79 Å². The van der Waals surface area contributed by atoms with Gasteiger partial charge in [-0.1, -0.05) is 0 Å². The van der Waals surface area contributed by atoms with Crippen LogP contribution >= 0.6 is 11.3 Å². The van der Waals surface area contributed by atoms with Crippen molar-refractivity contribution >= 4 is 17.3 Å². The molecule has 0 N–H and O–H groups in total. The molecule has 0 aliphatic carbocycles. The Morgan fingerprint density at radius 3 is 2.31 bits per heavy atom. The Balaban J connectivity index is 1.47. The summed E-state index contributed by atoms with van der Waals surface area (Å²) >= 11 is 1.40. The lowest BCUT2D eigenvalue weighted by atomic mass is 10.1. The second kappa shape index (κ2) is 11.3. The molecule has 0 unspecified atom stereocenters. The molecule has 170 valence electrons. The first-order chi connectivity index (χ1) is 15.5. The molecule has 0 spiro atoms. The summed E-state index contributed by atoms with van der Waals surface area (Å²) in [7, 11) is 4.63. The Bertz CT molecular complexity index is 1010. The second-order valence-corrected chi connectivity index (χ2v) is 7.61. The van der Waals surface area contributed by atoms with Gasteiger partial charge in [-0.05, 0) is 48.4 Å². The predicted octanol–water partition coefficient (Wildman–Crippen LogP) is 4.56. The average molecular weight is 462 g/mol. The minimum Gasteiger partial charge on any atom is -0.493 e. The van der Waals surface area contributed by atoms with Crippen LogP contribution in [0.5, 0.6) is 23.0 Å². The highest BCUT2D eigenvalue weighted by Gasteiger charge is 2.14. The van der Waals surface area contributed by atoms with Crippen LogP contribution in [0.3, 0.4) is 0 Å². The van der Waals surface area contributed by atoms with Crippen molar-refractivity contribution < 1.29 is 32.9 Å². The molecule has 0 aliphatic heterocycles. The van der Waals surface area contributed by atoms with Gasteiger partial charge in [-0.15, -0.1) is 11.3 Å². The van der Waals surface area contributed by atoms with E-state index in [2.05, 4.69) is 4.98 Å². The topological polar surface area (TPSA) is 76.1 Å². The summed E-state index contributed by atoms with van der Waals surface area (Å²) in [5.41, 5.74) is 1.51. The SMILES string of the molecule is COc1cc(CCC(=O)OCc2csc(COc3ccc(F)cc3)n2)cc(OC)c1OC. The van der Waals surface area contributed by atoms with Crippen LogP contribution in [0.25, 0.3) is 0 Å². The molecule has 3 aromatic rings.